The molecule has 0 aromatic heterocycles. The third-order valence-corrected chi connectivity index (χ3v) is 1.86. The summed E-state index contributed by atoms with van der Waals surface area (Å²) in [5, 5.41) is 0. The Morgan fingerprint density at radius 2 is 1.09 bits per heavy atom. The third kappa shape index (κ3) is 4.38. The van der Waals surface area contributed by atoms with Crippen LogP contribution in [0.4, 0.5) is 0 Å². The van der Waals surface area contributed by atoms with Crippen LogP contribution in [0, 0.1) is 6.67 Å². The van der Waals surface area contributed by atoms with Crippen molar-refractivity contribution in [2.45, 2.75) is 39.8 Å². The number of hydrogen-bond acceptors (Lipinski definition) is 2. The molecule has 0 aromatic rings. The van der Waals surface area contributed by atoms with E-state index in [1.54, 1.807) is 0 Å². The summed E-state index contributed by atoms with van der Waals surface area (Å²) in [5.74, 6) is 0. The van der Waals surface area contributed by atoms with Gasteiger partial charge in [-0.05, 0) is 41.8 Å². The SMILES string of the molecule is CC(C)N(C)[C]N(C)C(C)C. The Morgan fingerprint density at radius 3 is 1.27 bits per heavy atom. The van der Waals surface area contributed by atoms with E-state index in [4.69, 9.17) is 0 Å². The normalized spacial score (nSPS) is 12.5. The van der Waals surface area contributed by atoms with Crippen molar-refractivity contribution in [3.05, 3.63) is 6.67 Å². The zero-order valence-corrected chi connectivity index (χ0v) is 8.55. The lowest BCUT2D eigenvalue weighted by Crippen LogP contribution is -2.35. The van der Waals surface area contributed by atoms with Gasteiger partial charge in [-0.15, -0.1) is 0 Å². The quantitative estimate of drug-likeness (QED) is 0.571. The van der Waals surface area contributed by atoms with Gasteiger partial charge in [-0.25, -0.2) is 0 Å². The summed E-state index contributed by atoms with van der Waals surface area (Å²) in [6.07, 6.45) is 0. The molecule has 0 unspecified atom stereocenters. The second-order valence-electron chi connectivity index (χ2n) is 3.51. The Morgan fingerprint density at radius 1 is 0.818 bits per heavy atom. The summed E-state index contributed by atoms with van der Waals surface area (Å²) in [4.78, 5) is 4.17. The molecule has 66 valence electrons. The second kappa shape index (κ2) is 4.73. The molecule has 0 aliphatic carbocycles. The van der Waals surface area contributed by atoms with Gasteiger partial charge in [-0.2, -0.15) is 0 Å². The highest BCUT2D eigenvalue weighted by Crippen LogP contribution is 2.03. The van der Waals surface area contributed by atoms with Crippen molar-refractivity contribution < 1.29 is 0 Å². The minimum absolute atomic E-state index is 0.524. The first-order chi connectivity index (χ1) is 4.95. The van der Waals surface area contributed by atoms with Gasteiger partial charge in [-0.1, -0.05) is 0 Å². The predicted molar refractivity (Wildman–Crippen MR) is 49.0 cm³/mol. The topological polar surface area (TPSA) is 6.48 Å². The Bertz CT molecular complexity index is 87.7. The highest BCUT2D eigenvalue weighted by Gasteiger charge is 2.10. The number of hydrogen-bond donors (Lipinski definition) is 0. The third-order valence-electron chi connectivity index (χ3n) is 1.86. The maximum Gasteiger partial charge on any atom is 0.146 e. The zero-order chi connectivity index (χ0) is 9.02. The highest BCUT2D eigenvalue weighted by molar-refractivity contribution is 4.70. The van der Waals surface area contributed by atoms with Crippen molar-refractivity contribution in [2.75, 3.05) is 14.1 Å². The van der Waals surface area contributed by atoms with E-state index in [0.29, 0.717) is 12.1 Å². The van der Waals surface area contributed by atoms with Crippen molar-refractivity contribution in [3.8, 4) is 0 Å². The molecule has 0 N–H and O–H groups in total. The molecule has 0 saturated carbocycles. The van der Waals surface area contributed by atoms with Crippen molar-refractivity contribution in [1.29, 1.82) is 0 Å². The molecule has 0 amide bonds. The molecule has 0 bridgehead atoms. The van der Waals surface area contributed by atoms with Crippen molar-refractivity contribution in [2.24, 2.45) is 0 Å². The summed E-state index contributed by atoms with van der Waals surface area (Å²) >= 11 is 0. The fourth-order valence-corrected chi connectivity index (χ4v) is 0.480. The molecule has 0 saturated heterocycles. The first-order valence-electron chi connectivity index (χ1n) is 4.17. The molecular weight excluding hydrogens is 136 g/mol. The van der Waals surface area contributed by atoms with Gasteiger partial charge in [0.25, 0.3) is 0 Å². The molecule has 0 spiro atoms. The second-order valence-corrected chi connectivity index (χ2v) is 3.51. The Hall–Kier alpha value is -0.0800. The van der Waals surface area contributed by atoms with Crippen LogP contribution < -0.4 is 0 Å². The lowest BCUT2D eigenvalue weighted by atomic mass is 10.3. The van der Waals surface area contributed by atoms with Gasteiger partial charge in [0.2, 0.25) is 0 Å². The lowest BCUT2D eigenvalue weighted by molar-refractivity contribution is 0.195. The van der Waals surface area contributed by atoms with E-state index in [1.165, 1.54) is 0 Å². The van der Waals surface area contributed by atoms with Crippen LogP contribution in [0.5, 0.6) is 0 Å². The molecule has 11 heavy (non-hydrogen) atoms. The molecule has 2 nitrogen and oxygen atoms in total. The predicted octanol–water partition coefficient (Wildman–Crippen LogP) is 1.66. The minimum atomic E-state index is 0.524. The zero-order valence-electron chi connectivity index (χ0n) is 8.55. The van der Waals surface area contributed by atoms with E-state index >= 15 is 0 Å². The monoisotopic (exact) mass is 156 g/mol. The Kier molecular flexibility index (Phi) is 4.69. The summed E-state index contributed by atoms with van der Waals surface area (Å²) in [6, 6.07) is 1.05. The molecule has 0 aromatic carbocycles. The van der Waals surface area contributed by atoms with Crippen molar-refractivity contribution in [3.63, 3.8) is 0 Å². The molecule has 0 atom stereocenters. The fraction of sp³-hybridized carbons (Fsp3) is 0.889. The van der Waals surface area contributed by atoms with Crippen LogP contribution in [0.1, 0.15) is 27.7 Å². The van der Waals surface area contributed by atoms with E-state index in [1.807, 2.05) is 14.1 Å². The van der Waals surface area contributed by atoms with Crippen LogP contribution >= 0.6 is 0 Å². The van der Waals surface area contributed by atoms with Crippen LogP contribution in [-0.2, 0) is 0 Å². The number of rotatable bonds is 4. The molecule has 0 heterocycles. The standard InChI is InChI=1S/C9H20N2/c1-8(2)10(5)7-11(6)9(3)4/h8-9H,1-6H3. The molecule has 2 heteroatoms. The van der Waals surface area contributed by atoms with Gasteiger partial charge in [-0.3, -0.25) is 9.80 Å². The first kappa shape index (κ1) is 10.9. The van der Waals surface area contributed by atoms with Crippen LogP contribution in [0.25, 0.3) is 0 Å². The largest absolute Gasteiger partial charge is 0.280 e. The summed E-state index contributed by atoms with van der Waals surface area (Å²) < 4.78 is 0. The van der Waals surface area contributed by atoms with Crippen molar-refractivity contribution >= 4 is 0 Å². The molecule has 0 rings (SSSR count). The molecular formula is C9H20N2. The van der Waals surface area contributed by atoms with Gasteiger partial charge in [0, 0.05) is 12.1 Å². The Labute approximate surface area is 71.2 Å². The van der Waals surface area contributed by atoms with Gasteiger partial charge in [0.05, 0.1) is 0 Å². The van der Waals surface area contributed by atoms with Crippen LogP contribution in [-0.4, -0.2) is 36.0 Å². The van der Waals surface area contributed by atoms with E-state index in [9.17, 15) is 0 Å². The van der Waals surface area contributed by atoms with Gasteiger partial charge >= 0.3 is 0 Å². The highest BCUT2D eigenvalue weighted by atomic mass is 15.3. The van der Waals surface area contributed by atoms with Crippen LogP contribution in [0.3, 0.4) is 0 Å². The average Bonchev–Trinajstić information content (AvgIpc) is 1.87. The lowest BCUT2D eigenvalue weighted by Gasteiger charge is -2.27. The van der Waals surface area contributed by atoms with Gasteiger partial charge < -0.3 is 0 Å². The summed E-state index contributed by atoms with van der Waals surface area (Å²) in [6.45, 7) is 11.9. The fourth-order valence-electron chi connectivity index (χ4n) is 0.480. The van der Waals surface area contributed by atoms with E-state index in [2.05, 4.69) is 44.2 Å². The van der Waals surface area contributed by atoms with E-state index in [0.717, 1.165) is 0 Å². The molecule has 0 fully saturated rings. The summed E-state index contributed by atoms with van der Waals surface area (Å²) in [5.41, 5.74) is 0. The molecule has 0 aliphatic rings. The van der Waals surface area contributed by atoms with Gasteiger partial charge in [0.1, 0.15) is 6.67 Å². The van der Waals surface area contributed by atoms with E-state index < -0.39 is 0 Å². The molecule has 2 radical (unpaired) electrons. The van der Waals surface area contributed by atoms with Gasteiger partial charge in [0.15, 0.2) is 0 Å². The minimum Gasteiger partial charge on any atom is -0.280 e. The number of nitrogens with zero attached hydrogens (tertiary/aromatic N) is 2. The maximum absolute atomic E-state index is 3.25. The van der Waals surface area contributed by atoms with Crippen molar-refractivity contribution in [1.82, 2.24) is 9.80 Å². The Balaban J connectivity index is 3.66. The smallest absolute Gasteiger partial charge is 0.146 e. The van der Waals surface area contributed by atoms with E-state index in [-0.39, 0.29) is 0 Å². The maximum atomic E-state index is 3.25. The average molecular weight is 156 g/mol. The first-order valence-corrected chi connectivity index (χ1v) is 4.17. The molecule has 0 aliphatic heterocycles. The van der Waals surface area contributed by atoms with Crippen LogP contribution in [0.2, 0.25) is 0 Å². The summed E-state index contributed by atoms with van der Waals surface area (Å²) in [7, 11) is 4.09. The van der Waals surface area contributed by atoms with Crippen LogP contribution in [0.15, 0.2) is 0 Å².